The monoisotopic (exact) mass is 331 g/mol. The predicted molar refractivity (Wildman–Crippen MR) is 89.5 cm³/mol. The summed E-state index contributed by atoms with van der Waals surface area (Å²) in [6.07, 6.45) is 2.53. The number of pyridine rings is 1. The van der Waals surface area contributed by atoms with Crippen molar-refractivity contribution in [1.29, 1.82) is 0 Å². The van der Waals surface area contributed by atoms with E-state index in [0.717, 1.165) is 12.0 Å². The quantitative estimate of drug-likeness (QED) is 0.841. The Balaban J connectivity index is 1.55. The minimum Gasteiger partial charge on any atom is -0.373 e. The normalized spacial score (nSPS) is 20.2. The van der Waals surface area contributed by atoms with Gasteiger partial charge in [0.1, 0.15) is 0 Å². The molecular formula is C17H18ClN3O2. The van der Waals surface area contributed by atoms with E-state index in [1.54, 1.807) is 18.3 Å². The molecule has 0 saturated carbocycles. The fourth-order valence-electron chi connectivity index (χ4n) is 2.72. The third-order valence-corrected chi connectivity index (χ3v) is 4.18. The summed E-state index contributed by atoms with van der Waals surface area (Å²) in [4.78, 5) is 15.9. The summed E-state index contributed by atoms with van der Waals surface area (Å²) < 4.78 is 5.82. The molecule has 1 aromatic carbocycles. The van der Waals surface area contributed by atoms with Gasteiger partial charge in [-0.25, -0.2) is 9.78 Å². The van der Waals surface area contributed by atoms with E-state index in [-0.39, 0.29) is 23.2 Å². The molecule has 3 rings (SSSR count). The van der Waals surface area contributed by atoms with E-state index in [9.17, 15) is 4.79 Å². The van der Waals surface area contributed by atoms with Crippen LogP contribution in [0.15, 0.2) is 48.7 Å². The largest absolute Gasteiger partial charge is 0.373 e. The van der Waals surface area contributed by atoms with Crippen molar-refractivity contribution in [2.75, 3.05) is 18.5 Å². The number of hydrogen-bond acceptors (Lipinski definition) is 3. The van der Waals surface area contributed by atoms with Crippen LogP contribution in [0.4, 0.5) is 10.5 Å². The topological polar surface area (TPSA) is 63.2 Å². The number of aromatic nitrogens is 1. The highest BCUT2D eigenvalue weighted by molar-refractivity contribution is 6.32. The Morgan fingerprint density at radius 3 is 2.87 bits per heavy atom. The van der Waals surface area contributed by atoms with Crippen molar-refractivity contribution in [3.63, 3.8) is 0 Å². The van der Waals surface area contributed by atoms with E-state index < -0.39 is 0 Å². The van der Waals surface area contributed by atoms with Crippen LogP contribution in [0.1, 0.15) is 18.1 Å². The van der Waals surface area contributed by atoms with E-state index >= 15 is 0 Å². The Morgan fingerprint density at radius 1 is 1.26 bits per heavy atom. The maximum Gasteiger partial charge on any atom is 0.319 e. The van der Waals surface area contributed by atoms with Crippen LogP contribution in [0.3, 0.4) is 0 Å². The fourth-order valence-corrected chi connectivity index (χ4v) is 2.89. The van der Waals surface area contributed by atoms with Crippen LogP contribution in [0.2, 0.25) is 5.15 Å². The molecule has 1 aromatic heterocycles. The first-order valence-electron chi connectivity index (χ1n) is 7.56. The van der Waals surface area contributed by atoms with Crippen molar-refractivity contribution >= 4 is 23.3 Å². The Morgan fingerprint density at radius 2 is 2.09 bits per heavy atom. The number of carbonyl (C=O) groups excluding carboxylic acids is 1. The first-order chi connectivity index (χ1) is 11.2. The molecular weight excluding hydrogens is 314 g/mol. The van der Waals surface area contributed by atoms with Crippen LogP contribution in [0.25, 0.3) is 0 Å². The minimum atomic E-state index is -0.293. The Hall–Kier alpha value is -2.11. The maximum atomic E-state index is 12.0. The fraction of sp³-hybridized carbons (Fsp3) is 0.294. The second kappa shape index (κ2) is 7.44. The van der Waals surface area contributed by atoms with E-state index in [4.69, 9.17) is 16.3 Å². The van der Waals surface area contributed by atoms with Gasteiger partial charge in [-0.15, -0.1) is 0 Å². The molecule has 2 aromatic rings. The van der Waals surface area contributed by atoms with Crippen LogP contribution < -0.4 is 10.6 Å². The molecule has 6 heteroatoms. The van der Waals surface area contributed by atoms with Crippen molar-refractivity contribution in [1.82, 2.24) is 10.3 Å². The number of rotatable bonds is 4. The van der Waals surface area contributed by atoms with Gasteiger partial charge in [0.2, 0.25) is 0 Å². The van der Waals surface area contributed by atoms with Gasteiger partial charge in [-0.3, -0.25) is 0 Å². The smallest absolute Gasteiger partial charge is 0.319 e. The van der Waals surface area contributed by atoms with Gasteiger partial charge in [-0.2, -0.15) is 0 Å². The van der Waals surface area contributed by atoms with Crippen molar-refractivity contribution in [2.45, 2.75) is 12.5 Å². The number of amides is 2. The molecule has 23 heavy (non-hydrogen) atoms. The van der Waals surface area contributed by atoms with Gasteiger partial charge in [0.15, 0.2) is 5.15 Å². The molecule has 1 fully saturated rings. The van der Waals surface area contributed by atoms with E-state index in [1.165, 1.54) is 0 Å². The molecule has 2 unspecified atom stereocenters. The Bertz CT molecular complexity index is 666. The van der Waals surface area contributed by atoms with Crippen molar-refractivity contribution in [3.05, 3.63) is 59.4 Å². The molecule has 1 aliphatic heterocycles. The molecule has 120 valence electrons. The summed E-state index contributed by atoms with van der Waals surface area (Å²) in [6.45, 7) is 1.26. The zero-order valence-electron chi connectivity index (χ0n) is 12.5. The molecule has 0 aliphatic carbocycles. The number of nitrogens with zero attached hydrogens (tertiary/aromatic N) is 1. The van der Waals surface area contributed by atoms with Gasteiger partial charge in [-0.1, -0.05) is 41.9 Å². The van der Waals surface area contributed by atoms with E-state index in [0.29, 0.717) is 18.8 Å². The van der Waals surface area contributed by atoms with Gasteiger partial charge >= 0.3 is 6.03 Å². The number of halogens is 1. The van der Waals surface area contributed by atoms with E-state index in [2.05, 4.69) is 27.8 Å². The number of carbonyl (C=O) groups is 1. The molecule has 1 saturated heterocycles. The molecule has 2 heterocycles. The number of urea groups is 1. The number of nitrogens with one attached hydrogen (secondary N) is 2. The van der Waals surface area contributed by atoms with Crippen LogP contribution >= 0.6 is 11.6 Å². The highest BCUT2D eigenvalue weighted by Gasteiger charge is 2.29. The number of hydrogen-bond donors (Lipinski definition) is 2. The molecule has 2 N–H and O–H groups in total. The number of ether oxygens (including phenoxy) is 1. The van der Waals surface area contributed by atoms with Gasteiger partial charge in [0.25, 0.3) is 0 Å². The molecule has 0 radical (unpaired) electrons. The average molecular weight is 332 g/mol. The van der Waals surface area contributed by atoms with E-state index in [1.807, 2.05) is 18.2 Å². The average Bonchev–Trinajstić information content (AvgIpc) is 3.04. The number of anilines is 1. The summed E-state index contributed by atoms with van der Waals surface area (Å²) in [5.41, 5.74) is 1.64. The molecule has 0 bridgehead atoms. The van der Waals surface area contributed by atoms with Crippen LogP contribution in [-0.4, -0.2) is 24.2 Å². The maximum absolute atomic E-state index is 12.0. The standard InChI is InChI=1S/C17H18ClN3O2/c18-16-14(7-4-9-19-16)21-17(22)20-11-13-8-10-23-15(13)12-5-2-1-3-6-12/h1-7,9,13,15H,8,10-11H2,(H2,20,21,22). The Kier molecular flexibility index (Phi) is 5.10. The third-order valence-electron chi connectivity index (χ3n) is 3.87. The highest BCUT2D eigenvalue weighted by Crippen LogP contribution is 2.33. The zero-order chi connectivity index (χ0) is 16.1. The molecule has 5 nitrogen and oxygen atoms in total. The lowest BCUT2D eigenvalue weighted by Gasteiger charge is -2.19. The summed E-state index contributed by atoms with van der Waals surface area (Å²) in [6, 6.07) is 13.2. The van der Waals surface area contributed by atoms with Crippen molar-refractivity contribution in [3.8, 4) is 0 Å². The lowest BCUT2D eigenvalue weighted by atomic mass is 9.95. The molecule has 2 amide bonds. The molecule has 2 atom stereocenters. The first kappa shape index (κ1) is 15.8. The third kappa shape index (κ3) is 4.00. The SMILES string of the molecule is O=C(NCC1CCOC1c1ccccc1)Nc1cccnc1Cl. The summed E-state index contributed by atoms with van der Waals surface area (Å²) >= 11 is 5.93. The van der Waals surface area contributed by atoms with Crippen LogP contribution in [0, 0.1) is 5.92 Å². The van der Waals surface area contributed by atoms with Crippen molar-refractivity contribution < 1.29 is 9.53 Å². The summed E-state index contributed by atoms with van der Waals surface area (Å²) in [5.74, 6) is 0.257. The summed E-state index contributed by atoms with van der Waals surface area (Å²) in [5, 5.41) is 5.86. The second-order valence-corrected chi connectivity index (χ2v) is 5.79. The lowest BCUT2D eigenvalue weighted by Crippen LogP contribution is -2.34. The van der Waals surface area contributed by atoms with Crippen LogP contribution in [-0.2, 0) is 4.74 Å². The van der Waals surface area contributed by atoms with Gasteiger partial charge in [-0.05, 0) is 24.1 Å². The van der Waals surface area contributed by atoms with Gasteiger partial charge in [0, 0.05) is 25.3 Å². The first-order valence-corrected chi connectivity index (χ1v) is 7.94. The lowest BCUT2D eigenvalue weighted by molar-refractivity contribution is 0.0911. The predicted octanol–water partition coefficient (Wildman–Crippen LogP) is 3.63. The zero-order valence-corrected chi connectivity index (χ0v) is 13.3. The van der Waals surface area contributed by atoms with Crippen molar-refractivity contribution in [2.24, 2.45) is 5.92 Å². The Labute approximate surface area is 140 Å². The highest BCUT2D eigenvalue weighted by atomic mass is 35.5. The summed E-state index contributed by atoms with van der Waals surface area (Å²) in [7, 11) is 0. The number of benzene rings is 1. The second-order valence-electron chi connectivity index (χ2n) is 5.43. The molecule has 0 spiro atoms. The van der Waals surface area contributed by atoms with Crippen LogP contribution in [0.5, 0.6) is 0 Å². The molecule has 1 aliphatic rings. The van der Waals surface area contributed by atoms with Gasteiger partial charge in [0.05, 0.1) is 11.8 Å². The minimum absolute atomic E-state index is 0.0264. The van der Waals surface area contributed by atoms with Gasteiger partial charge < -0.3 is 15.4 Å².